The van der Waals surface area contributed by atoms with Gasteiger partial charge in [-0.15, -0.1) is 15.3 Å². The summed E-state index contributed by atoms with van der Waals surface area (Å²) in [4.78, 5) is 23.4. The Morgan fingerprint density at radius 2 is 2.12 bits per heavy atom. The second-order valence-electron chi connectivity index (χ2n) is 6.27. The molecular weight excluding hydrogens is 354 g/mol. The molecule has 9 nitrogen and oxygen atoms in total. The van der Waals surface area contributed by atoms with E-state index >= 15 is 0 Å². The van der Waals surface area contributed by atoms with Gasteiger partial charge in [0.05, 0.1) is 6.54 Å². The normalized spacial score (nSPS) is 14.2. The lowest BCUT2D eigenvalue weighted by Crippen LogP contribution is -2.22. The average Bonchev–Trinajstić information content (AvgIpc) is 3.32. The summed E-state index contributed by atoms with van der Waals surface area (Å²) in [5.74, 6) is 1.65. The van der Waals surface area contributed by atoms with Crippen molar-refractivity contribution in [2.45, 2.75) is 43.4 Å². The summed E-state index contributed by atoms with van der Waals surface area (Å²) in [6, 6.07) is 5.45. The van der Waals surface area contributed by atoms with E-state index in [2.05, 4.69) is 15.3 Å². The Hall–Kier alpha value is -2.62. The largest absolute Gasteiger partial charge is 0.370 e. The van der Waals surface area contributed by atoms with Crippen molar-refractivity contribution in [2.24, 2.45) is 5.73 Å². The zero-order valence-corrected chi connectivity index (χ0v) is 14.9. The first kappa shape index (κ1) is 16.8. The minimum atomic E-state index is -0.340. The van der Waals surface area contributed by atoms with Gasteiger partial charge in [-0.3, -0.25) is 9.20 Å². The van der Waals surface area contributed by atoms with E-state index in [4.69, 9.17) is 5.73 Å². The summed E-state index contributed by atoms with van der Waals surface area (Å²) in [6.07, 6.45) is 4.18. The summed E-state index contributed by atoms with van der Waals surface area (Å²) < 4.78 is 4.96. The number of aromatic nitrogens is 6. The SMILES string of the molecule is NC(=O)CCn1c(SCCn2nc3ccccn3c2=O)nnc1C1CC1. The smallest absolute Gasteiger partial charge is 0.350 e. The van der Waals surface area contributed by atoms with Gasteiger partial charge in [-0.1, -0.05) is 17.8 Å². The van der Waals surface area contributed by atoms with E-state index in [0.717, 1.165) is 23.8 Å². The maximum Gasteiger partial charge on any atom is 0.350 e. The molecule has 1 fully saturated rings. The lowest BCUT2D eigenvalue weighted by molar-refractivity contribution is -0.118. The van der Waals surface area contributed by atoms with Gasteiger partial charge < -0.3 is 10.3 Å². The highest BCUT2D eigenvalue weighted by atomic mass is 32.2. The monoisotopic (exact) mass is 373 g/mol. The number of fused-ring (bicyclic) bond motifs is 1. The number of nitrogens with zero attached hydrogens (tertiary/aromatic N) is 6. The van der Waals surface area contributed by atoms with Crippen LogP contribution in [0.25, 0.3) is 5.65 Å². The van der Waals surface area contributed by atoms with Crippen LogP contribution in [0, 0.1) is 0 Å². The van der Waals surface area contributed by atoms with Gasteiger partial charge in [0.25, 0.3) is 0 Å². The summed E-state index contributed by atoms with van der Waals surface area (Å²) in [6.45, 7) is 0.956. The molecule has 3 heterocycles. The third kappa shape index (κ3) is 3.36. The number of pyridine rings is 1. The van der Waals surface area contributed by atoms with Crippen LogP contribution in [0.15, 0.2) is 34.3 Å². The van der Waals surface area contributed by atoms with Gasteiger partial charge in [-0.2, -0.15) is 0 Å². The fourth-order valence-electron chi connectivity index (χ4n) is 2.82. The fraction of sp³-hybridized carbons (Fsp3) is 0.438. The molecule has 26 heavy (non-hydrogen) atoms. The van der Waals surface area contributed by atoms with Gasteiger partial charge in [-0.25, -0.2) is 9.48 Å². The predicted molar refractivity (Wildman–Crippen MR) is 96.0 cm³/mol. The molecule has 2 N–H and O–H groups in total. The summed E-state index contributed by atoms with van der Waals surface area (Å²) >= 11 is 1.51. The van der Waals surface area contributed by atoms with Crippen LogP contribution in [-0.4, -0.2) is 40.6 Å². The van der Waals surface area contributed by atoms with Crippen LogP contribution in [-0.2, 0) is 17.9 Å². The van der Waals surface area contributed by atoms with Gasteiger partial charge in [-0.05, 0) is 25.0 Å². The molecule has 0 aliphatic heterocycles. The molecule has 1 aliphatic carbocycles. The number of aryl methyl sites for hydroxylation is 1. The number of hydrogen-bond donors (Lipinski definition) is 1. The Labute approximate surface area is 153 Å². The number of carbonyl (C=O) groups excluding carboxylic acids is 1. The highest BCUT2D eigenvalue weighted by Crippen LogP contribution is 2.40. The van der Waals surface area contributed by atoms with Crippen LogP contribution in [0.2, 0.25) is 0 Å². The molecule has 1 aliphatic rings. The molecule has 1 saturated carbocycles. The van der Waals surface area contributed by atoms with E-state index in [9.17, 15) is 9.59 Å². The lowest BCUT2D eigenvalue weighted by Gasteiger charge is -2.08. The molecule has 10 heteroatoms. The fourth-order valence-corrected chi connectivity index (χ4v) is 3.71. The topological polar surface area (TPSA) is 113 Å². The van der Waals surface area contributed by atoms with Crippen molar-refractivity contribution in [1.29, 1.82) is 0 Å². The Balaban J connectivity index is 1.46. The predicted octanol–water partition coefficient (Wildman–Crippen LogP) is 0.633. The molecule has 136 valence electrons. The number of nitrogens with two attached hydrogens (primary N) is 1. The van der Waals surface area contributed by atoms with Gasteiger partial charge in [0.2, 0.25) is 5.91 Å². The molecule has 0 spiro atoms. The maximum atomic E-state index is 12.3. The van der Waals surface area contributed by atoms with Crippen molar-refractivity contribution < 1.29 is 4.79 Å². The van der Waals surface area contributed by atoms with E-state index in [-0.39, 0.29) is 18.0 Å². The molecular formula is C16H19N7O2S. The van der Waals surface area contributed by atoms with Crippen molar-refractivity contribution in [3.05, 3.63) is 40.7 Å². The molecule has 4 rings (SSSR count). The first-order chi connectivity index (χ1) is 12.6. The molecule has 0 saturated heterocycles. The van der Waals surface area contributed by atoms with Crippen LogP contribution < -0.4 is 11.4 Å². The number of primary amides is 1. The van der Waals surface area contributed by atoms with E-state index < -0.39 is 0 Å². The number of carbonyl (C=O) groups is 1. The van der Waals surface area contributed by atoms with Crippen LogP contribution in [0.1, 0.15) is 31.0 Å². The molecule has 0 unspecified atom stereocenters. The molecule has 3 aromatic rings. The number of amides is 1. The average molecular weight is 373 g/mol. The standard InChI is InChI=1S/C16H19N7O2S/c17-12(24)6-8-22-14(11-4-5-11)18-19-15(22)26-10-9-23-16(25)21-7-2-1-3-13(21)20-23/h1-3,7,11H,4-6,8-10H2,(H2,17,24). The van der Waals surface area contributed by atoms with Crippen LogP contribution in [0.3, 0.4) is 0 Å². The Morgan fingerprint density at radius 1 is 1.27 bits per heavy atom. The first-order valence-corrected chi connectivity index (χ1v) is 9.50. The van der Waals surface area contributed by atoms with Crippen molar-refractivity contribution in [1.82, 2.24) is 28.9 Å². The quantitative estimate of drug-likeness (QED) is 0.580. The zero-order valence-electron chi connectivity index (χ0n) is 14.1. The molecule has 3 aromatic heterocycles. The second-order valence-corrected chi connectivity index (χ2v) is 7.33. The van der Waals surface area contributed by atoms with E-state index in [1.807, 2.05) is 10.6 Å². The summed E-state index contributed by atoms with van der Waals surface area (Å²) in [5.41, 5.74) is 5.75. The zero-order chi connectivity index (χ0) is 18.1. The van der Waals surface area contributed by atoms with Gasteiger partial charge in [0.1, 0.15) is 5.82 Å². The summed E-state index contributed by atoms with van der Waals surface area (Å²) in [7, 11) is 0. The third-order valence-corrected chi connectivity index (χ3v) is 5.24. The number of thioether (sulfide) groups is 1. The maximum absolute atomic E-state index is 12.3. The van der Waals surface area contributed by atoms with E-state index in [0.29, 0.717) is 30.4 Å². The molecule has 0 radical (unpaired) electrons. The second kappa shape index (κ2) is 6.94. The Bertz CT molecular complexity index is 1000. The number of rotatable bonds is 8. The van der Waals surface area contributed by atoms with Crippen molar-refractivity contribution in [3.8, 4) is 0 Å². The first-order valence-electron chi connectivity index (χ1n) is 8.52. The van der Waals surface area contributed by atoms with E-state index in [1.54, 1.807) is 18.3 Å². The van der Waals surface area contributed by atoms with Crippen molar-refractivity contribution in [2.75, 3.05) is 5.75 Å². The van der Waals surface area contributed by atoms with Crippen LogP contribution >= 0.6 is 11.8 Å². The van der Waals surface area contributed by atoms with Crippen molar-refractivity contribution >= 4 is 23.3 Å². The molecule has 0 bridgehead atoms. The minimum Gasteiger partial charge on any atom is -0.370 e. The van der Waals surface area contributed by atoms with Gasteiger partial charge in [0, 0.05) is 30.8 Å². The highest BCUT2D eigenvalue weighted by molar-refractivity contribution is 7.99. The summed E-state index contributed by atoms with van der Waals surface area (Å²) in [5, 5.41) is 13.6. The molecule has 0 atom stereocenters. The Kier molecular flexibility index (Phi) is 4.49. The Morgan fingerprint density at radius 3 is 2.85 bits per heavy atom. The van der Waals surface area contributed by atoms with Crippen molar-refractivity contribution in [3.63, 3.8) is 0 Å². The van der Waals surface area contributed by atoms with Crippen LogP contribution in [0.5, 0.6) is 0 Å². The molecule has 0 aromatic carbocycles. The highest BCUT2D eigenvalue weighted by Gasteiger charge is 2.30. The van der Waals surface area contributed by atoms with E-state index in [1.165, 1.54) is 20.8 Å². The minimum absolute atomic E-state index is 0.157. The lowest BCUT2D eigenvalue weighted by atomic mass is 10.3. The number of hydrogen-bond acceptors (Lipinski definition) is 6. The third-order valence-electron chi connectivity index (χ3n) is 4.29. The van der Waals surface area contributed by atoms with Gasteiger partial charge in [0.15, 0.2) is 10.8 Å². The van der Waals surface area contributed by atoms with Gasteiger partial charge >= 0.3 is 5.69 Å². The molecule has 1 amide bonds. The van der Waals surface area contributed by atoms with Crippen LogP contribution in [0.4, 0.5) is 0 Å².